The molecule has 0 aliphatic carbocycles. The number of nitrogens with one attached hydrogen (secondary N) is 1. The fourth-order valence-electron chi connectivity index (χ4n) is 1.26. The third kappa shape index (κ3) is 4.31. The lowest BCUT2D eigenvalue weighted by Gasteiger charge is -2.02. The van der Waals surface area contributed by atoms with Crippen LogP contribution >= 0.6 is 34.7 Å². The fourth-order valence-corrected chi connectivity index (χ4v) is 2.91. The fraction of sp³-hybridized carbons (Fsp3) is 0.0909. The van der Waals surface area contributed by atoms with E-state index >= 15 is 0 Å². The summed E-state index contributed by atoms with van der Waals surface area (Å²) in [5.41, 5.74) is 0.257. The summed E-state index contributed by atoms with van der Waals surface area (Å²) in [5.74, 6) is -1.66. The van der Waals surface area contributed by atoms with E-state index in [0.717, 1.165) is 23.1 Å². The van der Waals surface area contributed by atoms with E-state index in [0.29, 0.717) is 4.34 Å². The van der Waals surface area contributed by atoms with Gasteiger partial charge in [0.15, 0.2) is 4.34 Å². The molecule has 0 saturated carbocycles. The van der Waals surface area contributed by atoms with Crippen LogP contribution in [-0.2, 0) is 4.79 Å². The van der Waals surface area contributed by atoms with Gasteiger partial charge in [-0.25, -0.2) is 0 Å². The second kappa shape index (κ2) is 6.74. The molecule has 0 radical (unpaired) electrons. The summed E-state index contributed by atoms with van der Waals surface area (Å²) in [6.07, 6.45) is 0. The first-order chi connectivity index (χ1) is 9.95. The van der Waals surface area contributed by atoms with Gasteiger partial charge < -0.3 is 10.2 Å². The zero-order chi connectivity index (χ0) is 15.4. The van der Waals surface area contributed by atoms with Crippen molar-refractivity contribution >= 4 is 51.7 Å². The van der Waals surface area contributed by atoms with Crippen LogP contribution in [0.3, 0.4) is 0 Å². The summed E-state index contributed by atoms with van der Waals surface area (Å²) < 4.78 is 0.441. The van der Waals surface area contributed by atoms with E-state index in [9.17, 15) is 14.7 Å². The zero-order valence-corrected chi connectivity index (χ0v) is 12.6. The van der Waals surface area contributed by atoms with E-state index in [2.05, 4.69) is 15.5 Å². The number of amides is 1. The third-order valence-electron chi connectivity index (χ3n) is 2.16. The van der Waals surface area contributed by atoms with Crippen molar-refractivity contribution in [1.29, 1.82) is 0 Å². The molecule has 1 aromatic heterocycles. The molecular weight excluding hydrogens is 338 g/mol. The molecule has 110 valence electrons. The molecule has 21 heavy (non-hydrogen) atoms. The average molecular weight is 346 g/mol. The normalized spacial score (nSPS) is 10.3. The zero-order valence-electron chi connectivity index (χ0n) is 10.2. The second-order valence-corrected chi connectivity index (χ2v) is 6.28. The summed E-state index contributed by atoms with van der Waals surface area (Å²) >= 11 is 7.81. The Morgan fingerprint density at radius 3 is 2.81 bits per heavy atom. The SMILES string of the molecule is O=C(O)CSc1nnc(NC(=O)c2ccc(O)c(Cl)c2)s1. The molecule has 0 fully saturated rings. The molecular formula is C11H8ClN3O4S2. The first-order valence-corrected chi connectivity index (χ1v) is 7.61. The first-order valence-electron chi connectivity index (χ1n) is 5.43. The number of carbonyl (C=O) groups is 2. The molecule has 0 bridgehead atoms. The number of aliphatic carboxylic acids is 1. The van der Waals surface area contributed by atoms with Crippen molar-refractivity contribution in [3.05, 3.63) is 28.8 Å². The van der Waals surface area contributed by atoms with E-state index in [-0.39, 0.29) is 27.2 Å². The van der Waals surface area contributed by atoms with Gasteiger partial charge in [-0.05, 0) is 18.2 Å². The van der Waals surface area contributed by atoms with E-state index in [4.69, 9.17) is 16.7 Å². The largest absolute Gasteiger partial charge is 0.506 e. The standard InChI is InChI=1S/C11H8ClN3O4S2/c12-6-3-5(1-2-7(6)16)9(19)13-10-14-15-11(21-10)20-4-8(17)18/h1-3,16H,4H2,(H,17,18)(H,13,14,19). The number of carboxylic acid groups (broad SMARTS) is 1. The summed E-state index contributed by atoms with van der Waals surface area (Å²) in [6.45, 7) is 0. The van der Waals surface area contributed by atoms with Gasteiger partial charge in [-0.15, -0.1) is 10.2 Å². The van der Waals surface area contributed by atoms with Crippen LogP contribution in [0.5, 0.6) is 5.75 Å². The van der Waals surface area contributed by atoms with E-state index in [1.807, 2.05) is 0 Å². The Morgan fingerprint density at radius 2 is 2.14 bits per heavy atom. The molecule has 3 N–H and O–H groups in total. The second-order valence-electron chi connectivity index (χ2n) is 3.68. The number of nitrogens with zero attached hydrogens (tertiary/aromatic N) is 2. The predicted molar refractivity (Wildman–Crippen MR) is 79.3 cm³/mol. The average Bonchev–Trinajstić information content (AvgIpc) is 2.87. The maximum absolute atomic E-state index is 11.9. The Bertz CT molecular complexity index is 692. The smallest absolute Gasteiger partial charge is 0.313 e. The lowest BCUT2D eigenvalue weighted by molar-refractivity contribution is -0.133. The molecule has 0 atom stereocenters. The van der Waals surface area contributed by atoms with E-state index in [1.165, 1.54) is 18.2 Å². The number of phenolic OH excluding ortho intramolecular Hbond substituents is 1. The number of halogens is 1. The van der Waals surface area contributed by atoms with Crippen molar-refractivity contribution in [2.45, 2.75) is 4.34 Å². The minimum atomic E-state index is -0.959. The lowest BCUT2D eigenvalue weighted by atomic mass is 10.2. The maximum atomic E-state index is 11.9. The summed E-state index contributed by atoms with van der Waals surface area (Å²) in [5, 5.41) is 28.2. The van der Waals surface area contributed by atoms with Gasteiger partial charge in [0.1, 0.15) is 5.75 Å². The highest BCUT2D eigenvalue weighted by Crippen LogP contribution is 2.27. The number of aromatic hydroxyl groups is 1. The number of benzene rings is 1. The molecule has 1 aromatic carbocycles. The summed E-state index contributed by atoms with van der Waals surface area (Å²) in [4.78, 5) is 22.4. The Balaban J connectivity index is 2.02. The summed E-state index contributed by atoms with van der Waals surface area (Å²) in [6, 6.07) is 4.05. The van der Waals surface area contributed by atoms with E-state index in [1.54, 1.807) is 0 Å². The van der Waals surface area contributed by atoms with Crippen molar-refractivity contribution in [1.82, 2.24) is 10.2 Å². The molecule has 0 saturated heterocycles. The molecule has 2 rings (SSSR count). The lowest BCUT2D eigenvalue weighted by Crippen LogP contribution is -2.11. The number of thioether (sulfide) groups is 1. The molecule has 0 spiro atoms. The molecule has 0 aliphatic heterocycles. The topological polar surface area (TPSA) is 112 Å². The van der Waals surface area contributed by atoms with Crippen molar-refractivity contribution in [3.8, 4) is 5.75 Å². The van der Waals surface area contributed by atoms with Crippen LogP contribution in [0.2, 0.25) is 5.02 Å². The van der Waals surface area contributed by atoms with Gasteiger partial charge in [-0.2, -0.15) is 0 Å². The number of aromatic nitrogens is 2. The number of hydrogen-bond acceptors (Lipinski definition) is 7. The monoisotopic (exact) mass is 345 g/mol. The van der Waals surface area contributed by atoms with Crippen LogP contribution in [0, 0.1) is 0 Å². The molecule has 0 unspecified atom stereocenters. The number of carboxylic acids is 1. The molecule has 0 aliphatic rings. The van der Waals surface area contributed by atoms with Gasteiger partial charge in [0, 0.05) is 5.56 Å². The molecule has 1 amide bonds. The number of hydrogen-bond donors (Lipinski definition) is 3. The van der Waals surface area contributed by atoms with Gasteiger partial charge in [0.05, 0.1) is 10.8 Å². The molecule has 1 heterocycles. The number of phenols is 1. The molecule has 10 heteroatoms. The minimum absolute atomic E-state index is 0.0672. The highest BCUT2D eigenvalue weighted by Gasteiger charge is 2.12. The van der Waals surface area contributed by atoms with Crippen molar-refractivity contribution in [2.24, 2.45) is 0 Å². The third-order valence-corrected chi connectivity index (χ3v) is 4.42. The van der Waals surface area contributed by atoms with Gasteiger partial charge in [-0.3, -0.25) is 14.9 Å². The number of anilines is 1. The van der Waals surface area contributed by atoms with Crippen LogP contribution in [0.15, 0.2) is 22.5 Å². The van der Waals surface area contributed by atoms with Gasteiger partial charge in [0.2, 0.25) is 5.13 Å². The Labute approximate surface area is 132 Å². The number of rotatable bonds is 5. The molecule has 7 nitrogen and oxygen atoms in total. The van der Waals surface area contributed by atoms with Gasteiger partial charge in [-0.1, -0.05) is 34.7 Å². The van der Waals surface area contributed by atoms with Crippen molar-refractivity contribution in [3.63, 3.8) is 0 Å². The van der Waals surface area contributed by atoms with E-state index < -0.39 is 11.9 Å². The van der Waals surface area contributed by atoms with Crippen molar-refractivity contribution < 1.29 is 19.8 Å². The van der Waals surface area contributed by atoms with Crippen LogP contribution in [0.4, 0.5) is 5.13 Å². The minimum Gasteiger partial charge on any atom is -0.506 e. The van der Waals surface area contributed by atoms with Crippen molar-refractivity contribution in [2.75, 3.05) is 11.1 Å². The predicted octanol–water partition coefficient (Wildman–Crippen LogP) is 2.33. The van der Waals surface area contributed by atoms with Crippen LogP contribution in [0.25, 0.3) is 0 Å². The van der Waals surface area contributed by atoms with Gasteiger partial charge in [0.25, 0.3) is 5.91 Å². The molecule has 2 aromatic rings. The summed E-state index contributed by atoms with van der Waals surface area (Å²) in [7, 11) is 0. The number of carbonyl (C=O) groups excluding carboxylic acids is 1. The Hall–Kier alpha value is -1.84. The van der Waals surface area contributed by atoms with Crippen LogP contribution in [-0.4, -0.2) is 38.0 Å². The highest BCUT2D eigenvalue weighted by atomic mass is 35.5. The van der Waals surface area contributed by atoms with Crippen LogP contribution in [0.1, 0.15) is 10.4 Å². The van der Waals surface area contributed by atoms with Crippen LogP contribution < -0.4 is 5.32 Å². The van der Waals surface area contributed by atoms with Gasteiger partial charge >= 0.3 is 5.97 Å². The Morgan fingerprint density at radius 1 is 1.38 bits per heavy atom. The Kier molecular flexibility index (Phi) is 4.99. The highest BCUT2D eigenvalue weighted by molar-refractivity contribution is 8.01. The quantitative estimate of drug-likeness (QED) is 0.563. The first kappa shape index (κ1) is 15.5. The maximum Gasteiger partial charge on any atom is 0.313 e.